The van der Waals surface area contributed by atoms with E-state index in [1.807, 2.05) is 28.5 Å². The second kappa shape index (κ2) is 9.12. The molecule has 6 nitrogen and oxygen atoms in total. The maximum Gasteiger partial charge on any atom is 0.416 e. The topological polar surface area (TPSA) is 61.4 Å². The van der Waals surface area contributed by atoms with E-state index in [0.717, 1.165) is 10.6 Å². The number of alkyl halides is 6. The molecule has 1 aromatic carbocycles. The van der Waals surface area contributed by atoms with Crippen molar-refractivity contribution in [1.29, 1.82) is 0 Å². The van der Waals surface area contributed by atoms with Crippen LogP contribution in [0.15, 0.2) is 47.8 Å². The van der Waals surface area contributed by atoms with E-state index < -0.39 is 35.2 Å². The van der Waals surface area contributed by atoms with Gasteiger partial charge in [-0.15, -0.1) is 21.5 Å². The minimum absolute atomic E-state index is 0.0131. The maximum absolute atomic E-state index is 13.0. The summed E-state index contributed by atoms with van der Waals surface area (Å²) in [6.07, 6.45) is -9.99. The fourth-order valence-corrected chi connectivity index (χ4v) is 4.11. The molecule has 0 bridgehead atoms. The van der Waals surface area contributed by atoms with Crippen LogP contribution in [0.3, 0.4) is 0 Å². The summed E-state index contributed by atoms with van der Waals surface area (Å²) >= 11 is 1.53. The number of nitrogens with zero attached hydrogens (tertiary/aromatic N) is 4. The summed E-state index contributed by atoms with van der Waals surface area (Å²) < 4.78 is 78.2. The van der Waals surface area contributed by atoms with Crippen molar-refractivity contribution < 1.29 is 31.1 Å². The lowest BCUT2D eigenvalue weighted by Gasteiger charge is -2.35. The molecular formula is C21H17F6N5OS. The van der Waals surface area contributed by atoms with Crippen molar-refractivity contribution in [3.05, 3.63) is 59.0 Å². The zero-order valence-corrected chi connectivity index (χ0v) is 18.1. The fourth-order valence-electron chi connectivity index (χ4n) is 3.42. The van der Waals surface area contributed by atoms with Crippen molar-refractivity contribution in [3.8, 4) is 10.6 Å². The van der Waals surface area contributed by atoms with Crippen LogP contribution in [0.25, 0.3) is 10.6 Å². The highest BCUT2D eigenvalue weighted by molar-refractivity contribution is 7.13. The molecule has 1 aliphatic rings. The van der Waals surface area contributed by atoms with Crippen molar-refractivity contribution in [2.45, 2.75) is 12.4 Å². The standard InChI is InChI=1S/C21H17F6N5OS/c22-20(23,24)13-10-14(21(25,26)27)12-15(11-13)28-19(33)32-7-5-31(6-8-32)18-4-3-16(29-30-18)17-2-1-9-34-17/h1-4,9-12H,5-8H2,(H,28,33). The molecule has 1 fully saturated rings. The summed E-state index contributed by atoms with van der Waals surface area (Å²) in [4.78, 5) is 16.7. The van der Waals surface area contributed by atoms with Crippen LogP contribution in [0.4, 0.5) is 42.6 Å². The molecule has 0 spiro atoms. The summed E-state index contributed by atoms with van der Waals surface area (Å²) in [6.45, 7) is 1.14. The maximum atomic E-state index is 13.0. The minimum atomic E-state index is -4.99. The Balaban J connectivity index is 1.40. The normalized spacial score (nSPS) is 14.9. The highest BCUT2D eigenvalue weighted by Gasteiger charge is 2.37. The number of nitrogens with one attached hydrogen (secondary N) is 1. The summed E-state index contributed by atoms with van der Waals surface area (Å²) in [6, 6.07) is 7.66. The number of halogens is 6. The minimum Gasteiger partial charge on any atom is -0.352 e. The predicted octanol–water partition coefficient (Wildman–Crippen LogP) is 5.60. The lowest BCUT2D eigenvalue weighted by molar-refractivity contribution is -0.143. The van der Waals surface area contributed by atoms with Crippen LogP contribution >= 0.6 is 11.3 Å². The Bertz CT molecular complexity index is 1110. The summed E-state index contributed by atoms with van der Waals surface area (Å²) in [7, 11) is 0. The van der Waals surface area contributed by atoms with Crippen LogP contribution < -0.4 is 10.2 Å². The van der Waals surface area contributed by atoms with Gasteiger partial charge in [0.05, 0.1) is 16.0 Å². The Morgan fingerprint density at radius 3 is 2.03 bits per heavy atom. The van der Waals surface area contributed by atoms with Gasteiger partial charge in [-0.05, 0) is 41.8 Å². The summed E-state index contributed by atoms with van der Waals surface area (Å²) in [5.74, 6) is 0.605. The number of piperazine rings is 1. The molecule has 2 amide bonds. The molecule has 1 N–H and O–H groups in total. The molecule has 3 aromatic rings. The number of carbonyl (C=O) groups is 1. The fraction of sp³-hybridized carbons (Fsp3) is 0.286. The Hall–Kier alpha value is -3.35. The van der Waals surface area contributed by atoms with Crippen LogP contribution in [0.5, 0.6) is 0 Å². The van der Waals surface area contributed by atoms with Crippen LogP contribution in [-0.4, -0.2) is 47.3 Å². The Morgan fingerprint density at radius 2 is 1.53 bits per heavy atom. The third-order valence-electron chi connectivity index (χ3n) is 5.15. The van der Waals surface area contributed by atoms with E-state index in [9.17, 15) is 31.1 Å². The lowest BCUT2D eigenvalue weighted by atomic mass is 10.1. The molecule has 0 saturated carbocycles. The average molecular weight is 501 g/mol. The number of benzene rings is 1. The third-order valence-corrected chi connectivity index (χ3v) is 6.05. The van der Waals surface area contributed by atoms with Gasteiger partial charge in [0.1, 0.15) is 5.69 Å². The zero-order chi connectivity index (χ0) is 24.5. The van der Waals surface area contributed by atoms with Gasteiger partial charge in [-0.1, -0.05) is 6.07 Å². The van der Waals surface area contributed by atoms with Gasteiger partial charge < -0.3 is 15.1 Å². The van der Waals surface area contributed by atoms with Crippen molar-refractivity contribution >= 4 is 28.9 Å². The highest BCUT2D eigenvalue weighted by atomic mass is 32.1. The van der Waals surface area contributed by atoms with Gasteiger partial charge in [0, 0.05) is 31.9 Å². The molecule has 2 aromatic heterocycles. The third kappa shape index (κ3) is 5.41. The first kappa shape index (κ1) is 23.8. The Kier molecular flexibility index (Phi) is 6.39. The van der Waals surface area contributed by atoms with Crippen LogP contribution in [0.2, 0.25) is 0 Å². The summed E-state index contributed by atoms with van der Waals surface area (Å²) in [5.41, 5.74) is -2.83. The number of rotatable bonds is 3. The van der Waals surface area contributed by atoms with Gasteiger partial charge in [0.25, 0.3) is 0 Å². The predicted molar refractivity (Wildman–Crippen MR) is 115 cm³/mol. The number of aromatic nitrogens is 2. The number of amides is 2. The molecule has 0 radical (unpaired) electrons. The molecule has 1 aliphatic heterocycles. The Labute approximate surface area is 193 Å². The van der Waals surface area contributed by atoms with E-state index in [1.165, 1.54) is 16.2 Å². The van der Waals surface area contributed by atoms with Gasteiger partial charge in [-0.25, -0.2) is 4.79 Å². The second-order valence-electron chi connectivity index (χ2n) is 7.45. The van der Waals surface area contributed by atoms with E-state index in [2.05, 4.69) is 15.5 Å². The van der Waals surface area contributed by atoms with Gasteiger partial charge in [-0.3, -0.25) is 0 Å². The zero-order valence-electron chi connectivity index (χ0n) is 17.3. The largest absolute Gasteiger partial charge is 0.416 e. The summed E-state index contributed by atoms with van der Waals surface area (Å²) in [5, 5.41) is 12.5. The van der Waals surface area contributed by atoms with Gasteiger partial charge >= 0.3 is 18.4 Å². The molecule has 0 unspecified atom stereocenters. The van der Waals surface area contributed by atoms with E-state index in [0.29, 0.717) is 31.0 Å². The van der Waals surface area contributed by atoms with E-state index in [1.54, 1.807) is 6.07 Å². The molecule has 0 aliphatic carbocycles. The quantitative estimate of drug-likeness (QED) is 0.475. The van der Waals surface area contributed by atoms with Crippen LogP contribution in [0, 0.1) is 0 Å². The molecule has 13 heteroatoms. The SMILES string of the molecule is O=C(Nc1cc(C(F)(F)F)cc(C(F)(F)F)c1)N1CCN(c2ccc(-c3cccs3)nn2)CC1. The first-order chi connectivity index (χ1) is 16.0. The number of carbonyl (C=O) groups excluding carboxylic acids is 1. The molecule has 4 rings (SSSR count). The number of urea groups is 1. The molecule has 34 heavy (non-hydrogen) atoms. The molecule has 0 atom stereocenters. The smallest absolute Gasteiger partial charge is 0.352 e. The number of hydrogen-bond acceptors (Lipinski definition) is 5. The van der Waals surface area contributed by atoms with E-state index >= 15 is 0 Å². The van der Waals surface area contributed by atoms with Gasteiger partial charge in [0.15, 0.2) is 5.82 Å². The highest BCUT2D eigenvalue weighted by Crippen LogP contribution is 2.37. The second-order valence-corrected chi connectivity index (χ2v) is 8.40. The van der Waals surface area contributed by atoms with Gasteiger partial charge in [0.2, 0.25) is 0 Å². The van der Waals surface area contributed by atoms with Crippen molar-refractivity contribution in [3.63, 3.8) is 0 Å². The lowest BCUT2D eigenvalue weighted by Crippen LogP contribution is -2.50. The van der Waals surface area contributed by atoms with E-state index in [4.69, 9.17) is 0 Å². The molecule has 3 heterocycles. The van der Waals surface area contributed by atoms with Crippen molar-refractivity contribution in [1.82, 2.24) is 15.1 Å². The van der Waals surface area contributed by atoms with E-state index in [-0.39, 0.29) is 19.2 Å². The van der Waals surface area contributed by atoms with Gasteiger partial charge in [-0.2, -0.15) is 26.3 Å². The number of hydrogen-bond donors (Lipinski definition) is 1. The number of anilines is 2. The van der Waals surface area contributed by atoms with Crippen LogP contribution in [-0.2, 0) is 12.4 Å². The Morgan fingerprint density at radius 1 is 0.882 bits per heavy atom. The number of thiophene rings is 1. The van der Waals surface area contributed by atoms with Crippen molar-refractivity contribution in [2.24, 2.45) is 0 Å². The molecule has 180 valence electrons. The molecular weight excluding hydrogens is 484 g/mol. The molecule has 1 saturated heterocycles. The average Bonchev–Trinajstić information content (AvgIpc) is 3.33. The van der Waals surface area contributed by atoms with Crippen molar-refractivity contribution in [2.75, 3.05) is 36.4 Å². The first-order valence-electron chi connectivity index (χ1n) is 9.99. The van der Waals surface area contributed by atoms with Crippen LogP contribution in [0.1, 0.15) is 11.1 Å². The monoisotopic (exact) mass is 501 g/mol. The first-order valence-corrected chi connectivity index (χ1v) is 10.9.